The Morgan fingerprint density at radius 1 is 1.00 bits per heavy atom. The summed E-state index contributed by atoms with van der Waals surface area (Å²) in [6.07, 6.45) is -4.69. The maximum absolute atomic E-state index is 13.5. The molecular formula is C18H12F3N3. The Labute approximate surface area is 136 Å². The normalized spacial score (nSPS) is 12.8. The molecule has 0 N–H and O–H groups in total. The van der Waals surface area contributed by atoms with Crippen LogP contribution in [0.2, 0.25) is 0 Å². The second-order valence-electron chi connectivity index (χ2n) is 5.42. The summed E-state index contributed by atoms with van der Waals surface area (Å²) in [6, 6.07) is 15.1. The zero-order chi connectivity index (χ0) is 17.3. The molecule has 0 aliphatic rings. The van der Waals surface area contributed by atoms with Gasteiger partial charge >= 0.3 is 6.18 Å². The molecule has 1 aromatic heterocycles. The average molecular weight is 327 g/mol. The fourth-order valence-corrected chi connectivity index (χ4v) is 2.57. The van der Waals surface area contributed by atoms with Gasteiger partial charge in [0.15, 0.2) is 5.69 Å². The maximum Gasteiger partial charge on any atom is 0.435 e. The molecule has 120 valence electrons. The lowest BCUT2D eigenvalue weighted by Crippen LogP contribution is -2.17. The van der Waals surface area contributed by atoms with E-state index in [-0.39, 0.29) is 11.2 Å². The number of alkyl halides is 3. The molecular weight excluding hydrogens is 315 g/mol. The van der Waals surface area contributed by atoms with Gasteiger partial charge in [-0.05, 0) is 24.6 Å². The van der Waals surface area contributed by atoms with Crippen molar-refractivity contribution in [2.75, 3.05) is 0 Å². The van der Waals surface area contributed by atoms with E-state index in [1.807, 2.05) is 19.1 Å². The van der Waals surface area contributed by atoms with Crippen LogP contribution in [0.3, 0.4) is 0 Å². The van der Waals surface area contributed by atoms with Crippen molar-refractivity contribution in [3.8, 4) is 6.07 Å². The minimum absolute atomic E-state index is 0.148. The number of aryl methyl sites for hydroxylation is 1. The number of nitriles is 1. The molecule has 1 heterocycles. The van der Waals surface area contributed by atoms with Crippen LogP contribution in [0.4, 0.5) is 13.2 Å². The molecule has 0 saturated carbocycles. The molecule has 3 nitrogen and oxygen atoms in total. The highest BCUT2D eigenvalue weighted by atomic mass is 19.4. The lowest BCUT2D eigenvalue weighted by Gasteiger charge is -2.16. The summed E-state index contributed by atoms with van der Waals surface area (Å²) >= 11 is 0. The van der Waals surface area contributed by atoms with Crippen molar-refractivity contribution >= 4 is 11.0 Å². The quantitative estimate of drug-likeness (QED) is 0.690. The van der Waals surface area contributed by atoms with Crippen molar-refractivity contribution in [3.63, 3.8) is 0 Å². The molecule has 24 heavy (non-hydrogen) atoms. The minimum atomic E-state index is -4.69. The maximum atomic E-state index is 13.5. The van der Waals surface area contributed by atoms with Crippen molar-refractivity contribution in [1.29, 1.82) is 5.26 Å². The Morgan fingerprint density at radius 2 is 1.67 bits per heavy atom. The second kappa shape index (κ2) is 5.93. The summed E-state index contributed by atoms with van der Waals surface area (Å²) in [7, 11) is 0. The molecule has 0 aliphatic heterocycles. The number of nitrogens with zero attached hydrogens (tertiary/aromatic N) is 3. The van der Waals surface area contributed by atoms with Crippen LogP contribution in [0.25, 0.3) is 11.0 Å². The first-order valence-electron chi connectivity index (χ1n) is 7.20. The predicted molar refractivity (Wildman–Crippen MR) is 83.2 cm³/mol. The average Bonchev–Trinajstić information content (AvgIpc) is 2.54. The van der Waals surface area contributed by atoms with Gasteiger partial charge in [-0.2, -0.15) is 18.4 Å². The van der Waals surface area contributed by atoms with Crippen LogP contribution in [0, 0.1) is 18.3 Å². The largest absolute Gasteiger partial charge is 0.435 e. The van der Waals surface area contributed by atoms with E-state index in [1.165, 1.54) is 6.07 Å². The zero-order valence-electron chi connectivity index (χ0n) is 12.7. The Bertz CT molecular complexity index is 942. The van der Waals surface area contributed by atoms with Gasteiger partial charge in [0.2, 0.25) is 0 Å². The van der Waals surface area contributed by atoms with Crippen LogP contribution in [0.5, 0.6) is 0 Å². The van der Waals surface area contributed by atoms with Gasteiger partial charge in [0.1, 0.15) is 5.92 Å². The van der Waals surface area contributed by atoms with E-state index >= 15 is 0 Å². The van der Waals surface area contributed by atoms with Gasteiger partial charge in [0.05, 0.1) is 22.8 Å². The van der Waals surface area contributed by atoms with Gasteiger partial charge in [0.25, 0.3) is 0 Å². The fraction of sp³-hybridized carbons (Fsp3) is 0.167. The SMILES string of the molecule is Cc1cccc([C@H](C#N)c2nc3ccccc3nc2C(F)(F)F)c1. The first-order valence-corrected chi connectivity index (χ1v) is 7.20. The molecule has 0 bridgehead atoms. The van der Waals surface area contributed by atoms with Crippen LogP contribution in [-0.4, -0.2) is 9.97 Å². The smallest absolute Gasteiger partial charge is 0.247 e. The molecule has 0 unspecified atom stereocenters. The van der Waals surface area contributed by atoms with Crippen molar-refractivity contribution in [1.82, 2.24) is 9.97 Å². The van der Waals surface area contributed by atoms with E-state index in [2.05, 4.69) is 9.97 Å². The van der Waals surface area contributed by atoms with Crippen molar-refractivity contribution in [2.24, 2.45) is 0 Å². The monoisotopic (exact) mass is 327 g/mol. The minimum Gasteiger partial charge on any atom is -0.247 e. The number of aromatic nitrogens is 2. The Morgan fingerprint density at radius 3 is 2.25 bits per heavy atom. The lowest BCUT2D eigenvalue weighted by molar-refractivity contribution is -0.141. The number of para-hydroxylation sites is 2. The predicted octanol–water partition coefficient (Wildman–Crippen LogP) is 4.61. The summed E-state index contributed by atoms with van der Waals surface area (Å²) in [6.45, 7) is 1.81. The molecule has 0 fully saturated rings. The van der Waals surface area contributed by atoms with E-state index in [1.54, 1.807) is 36.4 Å². The molecule has 0 radical (unpaired) electrons. The highest BCUT2D eigenvalue weighted by molar-refractivity contribution is 5.74. The van der Waals surface area contributed by atoms with Gasteiger partial charge in [-0.25, -0.2) is 9.97 Å². The molecule has 3 aromatic rings. The van der Waals surface area contributed by atoms with E-state index in [4.69, 9.17) is 0 Å². The number of rotatable bonds is 2. The number of fused-ring (bicyclic) bond motifs is 1. The van der Waals surface area contributed by atoms with Gasteiger partial charge in [-0.15, -0.1) is 0 Å². The lowest BCUT2D eigenvalue weighted by atomic mass is 9.94. The molecule has 2 aromatic carbocycles. The van der Waals surface area contributed by atoms with Crippen molar-refractivity contribution < 1.29 is 13.2 Å². The first-order chi connectivity index (χ1) is 11.4. The molecule has 1 atom stereocenters. The first kappa shape index (κ1) is 15.9. The number of halogens is 3. The fourth-order valence-electron chi connectivity index (χ4n) is 2.57. The zero-order valence-corrected chi connectivity index (χ0v) is 12.7. The third kappa shape index (κ3) is 2.93. The molecule has 0 amide bonds. The van der Waals surface area contributed by atoms with Gasteiger partial charge in [-0.1, -0.05) is 42.0 Å². The Balaban J connectivity index is 2.28. The molecule has 0 aliphatic carbocycles. The van der Waals surface area contributed by atoms with Gasteiger partial charge in [0, 0.05) is 0 Å². The molecule has 3 rings (SSSR count). The van der Waals surface area contributed by atoms with Crippen LogP contribution in [0.15, 0.2) is 48.5 Å². The third-order valence-corrected chi connectivity index (χ3v) is 3.64. The highest BCUT2D eigenvalue weighted by Gasteiger charge is 2.39. The topological polar surface area (TPSA) is 49.6 Å². The Hall–Kier alpha value is -2.94. The second-order valence-corrected chi connectivity index (χ2v) is 5.42. The number of hydrogen-bond acceptors (Lipinski definition) is 3. The van der Waals surface area contributed by atoms with Crippen LogP contribution in [0.1, 0.15) is 28.4 Å². The van der Waals surface area contributed by atoms with E-state index in [0.29, 0.717) is 11.1 Å². The van der Waals surface area contributed by atoms with Crippen LogP contribution in [-0.2, 0) is 6.18 Å². The summed E-state index contributed by atoms with van der Waals surface area (Å²) in [5.74, 6) is -1.14. The van der Waals surface area contributed by atoms with Gasteiger partial charge in [-0.3, -0.25) is 0 Å². The summed E-state index contributed by atoms with van der Waals surface area (Å²) in [5, 5.41) is 9.50. The third-order valence-electron chi connectivity index (χ3n) is 3.64. The summed E-state index contributed by atoms with van der Waals surface area (Å²) in [4.78, 5) is 7.84. The standard InChI is InChI=1S/C18H12F3N3/c1-11-5-4-6-12(9-11)13(10-22)16-17(18(19,20)21)24-15-8-3-2-7-14(15)23-16/h2-9,13H,1H3/t13-/m0/s1. The van der Waals surface area contributed by atoms with E-state index in [0.717, 1.165) is 5.56 Å². The summed E-state index contributed by atoms with van der Waals surface area (Å²) < 4.78 is 40.4. The molecule has 6 heteroatoms. The Kier molecular flexibility index (Phi) is 3.94. The van der Waals surface area contributed by atoms with Crippen LogP contribution >= 0.6 is 0 Å². The van der Waals surface area contributed by atoms with Crippen molar-refractivity contribution in [3.05, 3.63) is 71.0 Å². The molecule has 0 spiro atoms. The van der Waals surface area contributed by atoms with Gasteiger partial charge < -0.3 is 0 Å². The van der Waals surface area contributed by atoms with Crippen molar-refractivity contribution in [2.45, 2.75) is 19.0 Å². The van der Waals surface area contributed by atoms with E-state index in [9.17, 15) is 18.4 Å². The summed E-state index contributed by atoms with van der Waals surface area (Å²) in [5.41, 5.74) is 0.314. The number of benzene rings is 2. The van der Waals surface area contributed by atoms with E-state index < -0.39 is 17.8 Å². The number of hydrogen-bond donors (Lipinski definition) is 0. The highest BCUT2D eigenvalue weighted by Crippen LogP contribution is 2.36. The van der Waals surface area contributed by atoms with Crippen LogP contribution < -0.4 is 0 Å². The molecule has 0 saturated heterocycles.